The molecule has 0 spiro atoms. The number of hydrogen-bond acceptors (Lipinski definition) is 5. The summed E-state index contributed by atoms with van der Waals surface area (Å²) < 4.78 is 6.20. The van der Waals surface area contributed by atoms with Gasteiger partial charge in [0, 0.05) is 24.1 Å². The van der Waals surface area contributed by atoms with E-state index in [1.165, 1.54) is 16.5 Å². The Kier molecular flexibility index (Phi) is 10.4. The Morgan fingerprint density at radius 1 is 0.796 bits per heavy atom. The summed E-state index contributed by atoms with van der Waals surface area (Å²) in [6, 6.07) is 34.3. The smallest absolute Gasteiger partial charge is 0.254 e. The van der Waals surface area contributed by atoms with Crippen LogP contribution >= 0.6 is 0 Å². The number of carbonyl (C=O) groups is 3. The fraction of sp³-hybridized carbons (Fsp3) is 0.200. The van der Waals surface area contributed by atoms with E-state index in [1.54, 1.807) is 18.2 Å². The number of rotatable bonds is 12. The van der Waals surface area contributed by atoms with Crippen LogP contribution in [0.1, 0.15) is 53.4 Å². The van der Waals surface area contributed by atoms with Crippen molar-refractivity contribution in [1.82, 2.24) is 10.2 Å². The maximum atomic E-state index is 14.5. The van der Waals surface area contributed by atoms with Crippen molar-refractivity contribution < 1.29 is 19.1 Å². The van der Waals surface area contributed by atoms with Crippen LogP contribution in [0.3, 0.4) is 0 Å². The first-order valence-electron chi connectivity index (χ1n) is 16.0. The summed E-state index contributed by atoms with van der Waals surface area (Å²) >= 11 is 0. The van der Waals surface area contributed by atoms with Gasteiger partial charge in [0.15, 0.2) is 0 Å². The van der Waals surface area contributed by atoms with E-state index in [4.69, 9.17) is 21.6 Å². The van der Waals surface area contributed by atoms with Crippen molar-refractivity contribution >= 4 is 34.3 Å². The van der Waals surface area contributed by atoms with Crippen LogP contribution in [0.15, 0.2) is 115 Å². The van der Waals surface area contributed by atoms with E-state index in [-0.39, 0.29) is 36.3 Å². The van der Waals surface area contributed by atoms with Crippen molar-refractivity contribution in [2.45, 2.75) is 45.2 Å². The quantitative estimate of drug-likeness (QED) is 0.0950. The Balaban J connectivity index is 1.55. The van der Waals surface area contributed by atoms with Crippen LogP contribution < -0.4 is 21.5 Å². The Labute approximate surface area is 286 Å². The Morgan fingerprint density at radius 2 is 1.47 bits per heavy atom. The highest BCUT2D eigenvalue weighted by molar-refractivity contribution is 6.02. The minimum absolute atomic E-state index is 0.00465. The molecule has 0 saturated carbocycles. The molecule has 0 aromatic heterocycles. The second-order valence-corrected chi connectivity index (χ2v) is 13.0. The van der Waals surface area contributed by atoms with Crippen molar-refractivity contribution in [1.29, 1.82) is 5.41 Å². The van der Waals surface area contributed by atoms with Gasteiger partial charge in [-0.25, -0.2) is 0 Å². The standard InChI is InChI=1S/C40H41N5O4/c1-40(2,3)31-17-19-32(20-18-31)49-33-15-6-9-26(21-33)25-45(39(48)30-14-8-13-29(22-30)37(42)43)35(38(47)44-24-36(41)46)23-28-12-7-11-27-10-4-5-16-34(27)28/h4-22,35H,23-25H2,1-3H3,(H2,41,46)(H3,42,43)(H,44,47). The van der Waals surface area contributed by atoms with Gasteiger partial charge < -0.3 is 26.4 Å². The summed E-state index contributed by atoms with van der Waals surface area (Å²) in [5.74, 6) is -0.645. The van der Waals surface area contributed by atoms with Crippen molar-refractivity contribution in [2.75, 3.05) is 6.54 Å². The number of primary amides is 1. The largest absolute Gasteiger partial charge is 0.457 e. The minimum Gasteiger partial charge on any atom is -0.457 e. The second-order valence-electron chi connectivity index (χ2n) is 13.0. The summed E-state index contributed by atoms with van der Waals surface area (Å²) in [4.78, 5) is 41.6. The lowest BCUT2D eigenvalue weighted by Crippen LogP contribution is -2.51. The average Bonchev–Trinajstić information content (AvgIpc) is 3.08. The van der Waals surface area contributed by atoms with E-state index in [0.29, 0.717) is 22.6 Å². The summed E-state index contributed by atoms with van der Waals surface area (Å²) in [7, 11) is 0. The summed E-state index contributed by atoms with van der Waals surface area (Å²) in [5.41, 5.74) is 14.5. The maximum Gasteiger partial charge on any atom is 0.254 e. The van der Waals surface area contributed by atoms with Gasteiger partial charge in [0.25, 0.3) is 5.91 Å². The van der Waals surface area contributed by atoms with Crippen LogP contribution in [0.5, 0.6) is 11.5 Å². The van der Waals surface area contributed by atoms with E-state index in [0.717, 1.165) is 16.3 Å². The molecule has 0 bridgehead atoms. The van der Waals surface area contributed by atoms with E-state index in [9.17, 15) is 14.4 Å². The molecule has 1 atom stereocenters. The van der Waals surface area contributed by atoms with E-state index < -0.39 is 23.8 Å². The number of fused-ring (bicyclic) bond motifs is 1. The number of hydrogen-bond donors (Lipinski definition) is 4. The lowest BCUT2D eigenvalue weighted by atomic mass is 9.87. The molecule has 9 heteroatoms. The van der Waals surface area contributed by atoms with Crippen LogP contribution in [-0.2, 0) is 28.0 Å². The van der Waals surface area contributed by atoms with Gasteiger partial charge in [0.05, 0.1) is 6.54 Å². The second kappa shape index (κ2) is 14.9. The van der Waals surface area contributed by atoms with Crippen molar-refractivity contribution in [3.63, 3.8) is 0 Å². The van der Waals surface area contributed by atoms with Crippen LogP contribution in [0.2, 0.25) is 0 Å². The number of nitrogens with two attached hydrogens (primary N) is 2. The molecule has 0 fully saturated rings. The van der Waals surface area contributed by atoms with Gasteiger partial charge in [0.1, 0.15) is 23.4 Å². The number of amides is 3. The predicted octanol–water partition coefficient (Wildman–Crippen LogP) is 6.07. The molecule has 0 radical (unpaired) electrons. The topological polar surface area (TPSA) is 152 Å². The zero-order valence-corrected chi connectivity index (χ0v) is 27.9. The summed E-state index contributed by atoms with van der Waals surface area (Å²) in [5, 5.41) is 12.5. The van der Waals surface area contributed by atoms with Gasteiger partial charge in [-0.3, -0.25) is 19.8 Å². The van der Waals surface area contributed by atoms with Gasteiger partial charge in [0.2, 0.25) is 11.8 Å². The van der Waals surface area contributed by atoms with Gasteiger partial charge >= 0.3 is 0 Å². The fourth-order valence-electron chi connectivity index (χ4n) is 5.69. The molecule has 5 aromatic carbocycles. The number of nitrogens with one attached hydrogen (secondary N) is 2. The molecule has 5 rings (SSSR count). The van der Waals surface area contributed by atoms with Gasteiger partial charge in [-0.1, -0.05) is 99.6 Å². The molecule has 5 aromatic rings. The zero-order valence-electron chi connectivity index (χ0n) is 27.9. The summed E-state index contributed by atoms with van der Waals surface area (Å²) in [6.07, 6.45) is 0.153. The molecule has 0 aliphatic heterocycles. The normalized spacial score (nSPS) is 11.8. The molecular weight excluding hydrogens is 614 g/mol. The van der Waals surface area contributed by atoms with Crippen LogP contribution in [-0.4, -0.2) is 41.0 Å². The third-order valence-electron chi connectivity index (χ3n) is 8.30. The van der Waals surface area contributed by atoms with Gasteiger partial charge in [-0.15, -0.1) is 0 Å². The fourth-order valence-corrected chi connectivity index (χ4v) is 5.69. The van der Waals surface area contributed by atoms with Crippen molar-refractivity contribution in [3.05, 3.63) is 143 Å². The molecule has 0 aliphatic rings. The lowest BCUT2D eigenvalue weighted by molar-refractivity contribution is -0.128. The molecule has 49 heavy (non-hydrogen) atoms. The Morgan fingerprint density at radius 3 is 2.18 bits per heavy atom. The molecule has 6 N–H and O–H groups in total. The maximum absolute atomic E-state index is 14.5. The molecule has 0 saturated heterocycles. The first-order valence-corrected chi connectivity index (χ1v) is 16.0. The molecule has 1 unspecified atom stereocenters. The van der Waals surface area contributed by atoms with E-state index in [1.807, 2.05) is 91.0 Å². The van der Waals surface area contributed by atoms with Gasteiger partial charge in [-0.05, 0) is 69.3 Å². The number of nitrogen functional groups attached to an aromatic ring is 1. The zero-order chi connectivity index (χ0) is 35.1. The highest BCUT2D eigenvalue weighted by Crippen LogP contribution is 2.29. The predicted molar refractivity (Wildman–Crippen MR) is 193 cm³/mol. The SMILES string of the molecule is CC(C)(C)c1ccc(Oc2cccc(CN(C(=O)c3cccc(C(=N)N)c3)C(Cc3cccc4ccccc34)C(=O)NCC(N)=O)c2)cc1. The number of carbonyl (C=O) groups excluding carboxylic acids is 3. The number of amidine groups is 1. The molecule has 3 amide bonds. The molecule has 0 heterocycles. The van der Waals surface area contributed by atoms with Gasteiger partial charge in [-0.2, -0.15) is 0 Å². The highest BCUT2D eigenvalue weighted by Gasteiger charge is 2.32. The number of ether oxygens (including phenoxy) is 1. The first kappa shape index (κ1) is 34.4. The number of benzene rings is 5. The average molecular weight is 656 g/mol. The van der Waals surface area contributed by atoms with Crippen LogP contribution in [0.4, 0.5) is 0 Å². The third kappa shape index (κ3) is 8.70. The Bertz CT molecular complexity index is 1990. The van der Waals surface area contributed by atoms with Crippen molar-refractivity contribution in [2.24, 2.45) is 11.5 Å². The molecule has 9 nitrogen and oxygen atoms in total. The first-order chi connectivity index (χ1) is 23.4. The molecular formula is C40H41N5O4. The Hall–Kier alpha value is -5.96. The number of nitrogens with zero attached hydrogens (tertiary/aromatic N) is 1. The molecule has 0 aliphatic carbocycles. The lowest BCUT2D eigenvalue weighted by Gasteiger charge is -2.32. The highest BCUT2D eigenvalue weighted by atomic mass is 16.5. The third-order valence-corrected chi connectivity index (χ3v) is 8.30. The van der Waals surface area contributed by atoms with Crippen molar-refractivity contribution in [3.8, 4) is 11.5 Å². The minimum atomic E-state index is -1.05. The van der Waals surface area contributed by atoms with E-state index >= 15 is 0 Å². The van der Waals surface area contributed by atoms with Crippen LogP contribution in [0, 0.1) is 5.41 Å². The molecule has 250 valence electrons. The summed E-state index contributed by atoms with van der Waals surface area (Å²) in [6.45, 7) is 6.10. The van der Waals surface area contributed by atoms with E-state index in [2.05, 4.69) is 26.1 Å². The monoisotopic (exact) mass is 655 g/mol. The van der Waals surface area contributed by atoms with Crippen LogP contribution in [0.25, 0.3) is 10.8 Å².